The lowest BCUT2D eigenvalue weighted by atomic mass is 10.0. The van der Waals surface area contributed by atoms with Crippen LogP contribution in [0.3, 0.4) is 0 Å². The zero-order valence-corrected chi connectivity index (χ0v) is 14.1. The number of hydrogen-bond donors (Lipinski definition) is 2. The quantitative estimate of drug-likeness (QED) is 0.853. The van der Waals surface area contributed by atoms with Gasteiger partial charge in [-0.2, -0.15) is 0 Å². The van der Waals surface area contributed by atoms with E-state index in [4.69, 9.17) is 9.84 Å². The number of carbonyl (C=O) groups excluding carboxylic acids is 1. The topological polar surface area (TPSA) is 75.6 Å². The van der Waals surface area contributed by atoms with Crippen molar-refractivity contribution in [3.63, 3.8) is 0 Å². The summed E-state index contributed by atoms with van der Waals surface area (Å²) in [7, 11) is 1.62. The fraction of sp³-hybridized carbons (Fsp3) is 0.263. The van der Waals surface area contributed by atoms with E-state index in [1.165, 1.54) is 6.07 Å². The maximum atomic E-state index is 12.4. The Balaban J connectivity index is 2.14. The predicted molar refractivity (Wildman–Crippen MR) is 92.4 cm³/mol. The predicted octanol–water partition coefficient (Wildman–Crippen LogP) is 3.33. The second kappa shape index (κ2) is 7.75. The van der Waals surface area contributed by atoms with Crippen LogP contribution in [0.4, 0.5) is 5.69 Å². The van der Waals surface area contributed by atoms with Gasteiger partial charge in [0.15, 0.2) is 0 Å². The summed E-state index contributed by atoms with van der Waals surface area (Å²) in [4.78, 5) is 23.3. The number of rotatable bonds is 6. The Labute approximate surface area is 141 Å². The molecular formula is C19H21NO4. The van der Waals surface area contributed by atoms with Crippen molar-refractivity contribution in [2.45, 2.75) is 26.9 Å². The minimum absolute atomic E-state index is 0.149. The first-order valence-corrected chi connectivity index (χ1v) is 7.62. The summed E-state index contributed by atoms with van der Waals surface area (Å²) in [6.45, 7) is 4.20. The Bertz CT molecular complexity index is 768. The molecule has 126 valence electrons. The van der Waals surface area contributed by atoms with E-state index in [-0.39, 0.29) is 17.9 Å². The SMILES string of the molecule is COCc1c(C)cccc1NC(=O)Cc1ccc(C(=O)O)cc1C. The Hall–Kier alpha value is -2.66. The molecule has 0 aliphatic heterocycles. The number of ether oxygens (including phenoxy) is 1. The molecule has 0 spiro atoms. The average molecular weight is 327 g/mol. The molecule has 0 atom stereocenters. The number of methoxy groups -OCH3 is 1. The molecule has 0 unspecified atom stereocenters. The lowest BCUT2D eigenvalue weighted by molar-refractivity contribution is -0.115. The number of aromatic carboxylic acids is 1. The lowest BCUT2D eigenvalue weighted by Crippen LogP contribution is -2.17. The maximum absolute atomic E-state index is 12.4. The average Bonchev–Trinajstić information content (AvgIpc) is 2.52. The number of benzene rings is 2. The number of aryl methyl sites for hydroxylation is 2. The standard InChI is InChI=1S/C19H21NO4/c1-12-5-4-6-17(16(12)11-24-3)20-18(21)10-14-7-8-15(19(22)23)9-13(14)2/h4-9H,10-11H2,1-3H3,(H,20,21)(H,22,23). The highest BCUT2D eigenvalue weighted by Crippen LogP contribution is 2.21. The second-order valence-electron chi connectivity index (χ2n) is 5.71. The molecule has 5 heteroatoms. The van der Waals surface area contributed by atoms with Crippen molar-refractivity contribution in [1.82, 2.24) is 0 Å². The van der Waals surface area contributed by atoms with Gasteiger partial charge in [-0.25, -0.2) is 4.79 Å². The monoisotopic (exact) mass is 327 g/mol. The van der Waals surface area contributed by atoms with E-state index in [9.17, 15) is 9.59 Å². The van der Waals surface area contributed by atoms with Crippen molar-refractivity contribution in [3.8, 4) is 0 Å². The highest BCUT2D eigenvalue weighted by molar-refractivity contribution is 5.93. The first kappa shape index (κ1) is 17.7. The number of amides is 1. The van der Waals surface area contributed by atoms with Crippen LogP contribution in [0.15, 0.2) is 36.4 Å². The van der Waals surface area contributed by atoms with Crippen LogP contribution in [0.25, 0.3) is 0 Å². The summed E-state index contributed by atoms with van der Waals surface area (Å²) < 4.78 is 5.20. The molecule has 0 aliphatic carbocycles. The van der Waals surface area contributed by atoms with Crippen molar-refractivity contribution in [1.29, 1.82) is 0 Å². The van der Waals surface area contributed by atoms with Gasteiger partial charge in [-0.15, -0.1) is 0 Å². The molecule has 0 aliphatic rings. The smallest absolute Gasteiger partial charge is 0.335 e. The molecular weight excluding hydrogens is 306 g/mol. The zero-order chi connectivity index (χ0) is 17.7. The fourth-order valence-electron chi connectivity index (χ4n) is 2.55. The van der Waals surface area contributed by atoms with Crippen molar-refractivity contribution in [2.24, 2.45) is 0 Å². The first-order chi connectivity index (χ1) is 11.4. The second-order valence-corrected chi connectivity index (χ2v) is 5.71. The van der Waals surface area contributed by atoms with Crippen molar-refractivity contribution in [2.75, 3.05) is 12.4 Å². The van der Waals surface area contributed by atoms with Crippen molar-refractivity contribution < 1.29 is 19.4 Å². The third-order valence-electron chi connectivity index (χ3n) is 3.91. The van der Waals surface area contributed by atoms with Gasteiger partial charge in [0, 0.05) is 18.4 Å². The number of nitrogens with one attached hydrogen (secondary N) is 1. The van der Waals surface area contributed by atoms with Crippen LogP contribution in [0.5, 0.6) is 0 Å². The van der Waals surface area contributed by atoms with Gasteiger partial charge >= 0.3 is 5.97 Å². The molecule has 1 amide bonds. The van der Waals surface area contributed by atoms with E-state index in [1.54, 1.807) is 26.2 Å². The Kier molecular flexibility index (Phi) is 5.71. The molecule has 2 aromatic carbocycles. The minimum Gasteiger partial charge on any atom is -0.478 e. The van der Waals surface area contributed by atoms with Crippen LogP contribution < -0.4 is 5.32 Å². The number of carbonyl (C=O) groups is 2. The molecule has 5 nitrogen and oxygen atoms in total. The molecule has 0 saturated carbocycles. The number of anilines is 1. The van der Waals surface area contributed by atoms with Crippen molar-refractivity contribution in [3.05, 3.63) is 64.2 Å². The Morgan fingerprint density at radius 1 is 1.12 bits per heavy atom. The van der Waals surface area contributed by atoms with E-state index >= 15 is 0 Å². The number of carboxylic acids is 1. The van der Waals surface area contributed by atoms with Gasteiger partial charge in [0.1, 0.15) is 0 Å². The third kappa shape index (κ3) is 4.20. The highest BCUT2D eigenvalue weighted by atomic mass is 16.5. The van der Waals surface area contributed by atoms with Gasteiger partial charge in [0.05, 0.1) is 18.6 Å². The number of hydrogen-bond acceptors (Lipinski definition) is 3. The Morgan fingerprint density at radius 3 is 2.50 bits per heavy atom. The molecule has 2 N–H and O–H groups in total. The molecule has 0 heterocycles. The molecule has 2 aromatic rings. The maximum Gasteiger partial charge on any atom is 0.335 e. The molecule has 0 radical (unpaired) electrons. The fourth-order valence-corrected chi connectivity index (χ4v) is 2.55. The van der Waals surface area contributed by atoms with E-state index < -0.39 is 5.97 Å². The largest absolute Gasteiger partial charge is 0.478 e. The van der Waals surface area contributed by atoms with Gasteiger partial charge in [-0.3, -0.25) is 4.79 Å². The minimum atomic E-state index is -0.974. The van der Waals surface area contributed by atoms with Crippen molar-refractivity contribution >= 4 is 17.6 Å². The summed E-state index contributed by atoms with van der Waals surface area (Å²) in [5.41, 5.74) is 4.55. The summed E-state index contributed by atoms with van der Waals surface area (Å²) in [6.07, 6.45) is 0.187. The van der Waals surface area contributed by atoms with Crippen LogP contribution in [0.1, 0.15) is 32.6 Å². The molecule has 24 heavy (non-hydrogen) atoms. The van der Waals surface area contributed by atoms with Crippen LogP contribution in [-0.4, -0.2) is 24.1 Å². The van der Waals surface area contributed by atoms with Gasteiger partial charge in [0.25, 0.3) is 0 Å². The lowest BCUT2D eigenvalue weighted by Gasteiger charge is -2.14. The van der Waals surface area contributed by atoms with Crippen LogP contribution in [0, 0.1) is 13.8 Å². The van der Waals surface area contributed by atoms with E-state index in [0.717, 1.165) is 27.9 Å². The van der Waals surface area contributed by atoms with Crippen LogP contribution in [0.2, 0.25) is 0 Å². The van der Waals surface area contributed by atoms with Gasteiger partial charge < -0.3 is 15.2 Å². The highest BCUT2D eigenvalue weighted by Gasteiger charge is 2.12. The molecule has 0 bridgehead atoms. The molecule has 0 aromatic heterocycles. The first-order valence-electron chi connectivity index (χ1n) is 7.62. The third-order valence-corrected chi connectivity index (χ3v) is 3.91. The summed E-state index contributed by atoms with van der Waals surface area (Å²) in [5.74, 6) is -1.12. The van der Waals surface area contributed by atoms with Gasteiger partial charge in [-0.05, 0) is 48.7 Å². The summed E-state index contributed by atoms with van der Waals surface area (Å²) in [6, 6.07) is 10.5. The van der Waals surface area contributed by atoms with Gasteiger partial charge in [-0.1, -0.05) is 18.2 Å². The van der Waals surface area contributed by atoms with E-state index in [1.807, 2.05) is 25.1 Å². The van der Waals surface area contributed by atoms with Crippen LogP contribution >= 0.6 is 0 Å². The van der Waals surface area contributed by atoms with Gasteiger partial charge in [0.2, 0.25) is 5.91 Å². The summed E-state index contributed by atoms with van der Waals surface area (Å²) >= 11 is 0. The normalized spacial score (nSPS) is 10.5. The van der Waals surface area contributed by atoms with E-state index in [2.05, 4.69) is 5.32 Å². The Morgan fingerprint density at radius 2 is 1.88 bits per heavy atom. The van der Waals surface area contributed by atoms with E-state index in [0.29, 0.717) is 6.61 Å². The zero-order valence-electron chi connectivity index (χ0n) is 14.1. The number of carboxylic acid groups (broad SMARTS) is 1. The molecule has 0 fully saturated rings. The molecule has 0 saturated heterocycles. The van der Waals surface area contributed by atoms with Crippen LogP contribution in [-0.2, 0) is 22.6 Å². The summed E-state index contributed by atoms with van der Waals surface area (Å²) in [5, 5.41) is 11.9. The molecule has 2 rings (SSSR count).